The third kappa shape index (κ3) is 8.34. The molecule has 0 aliphatic rings. The van der Waals surface area contributed by atoms with Crippen molar-refractivity contribution in [3.63, 3.8) is 0 Å². The van der Waals surface area contributed by atoms with E-state index in [4.69, 9.17) is 10.8 Å². The van der Waals surface area contributed by atoms with Crippen LogP contribution in [0.4, 0.5) is 4.79 Å². The van der Waals surface area contributed by atoms with Crippen LogP contribution in [0.3, 0.4) is 0 Å². The summed E-state index contributed by atoms with van der Waals surface area (Å²) in [5.41, 5.74) is 5.03. The van der Waals surface area contributed by atoms with Gasteiger partial charge in [-0.15, -0.1) is 0 Å². The van der Waals surface area contributed by atoms with Gasteiger partial charge in [0.25, 0.3) is 0 Å². The molecule has 0 radical (unpaired) electrons. The third-order valence-electron chi connectivity index (χ3n) is 3.03. The van der Waals surface area contributed by atoms with Gasteiger partial charge in [-0.1, -0.05) is 20.8 Å². The lowest BCUT2D eigenvalue weighted by Crippen LogP contribution is -2.51. The van der Waals surface area contributed by atoms with Crippen molar-refractivity contribution >= 4 is 17.9 Å². The van der Waals surface area contributed by atoms with Gasteiger partial charge in [0.05, 0.1) is 0 Å². The van der Waals surface area contributed by atoms with Crippen LogP contribution in [0.15, 0.2) is 0 Å². The van der Waals surface area contributed by atoms with E-state index in [0.717, 1.165) is 0 Å². The topological polar surface area (TPSA) is 122 Å². The molecule has 116 valence electrons. The fraction of sp³-hybridized carbons (Fsp3) is 0.769. The Morgan fingerprint density at radius 2 is 1.75 bits per heavy atom. The number of carbonyl (C=O) groups excluding carboxylic acids is 2. The highest BCUT2D eigenvalue weighted by Crippen LogP contribution is 2.09. The number of hydrogen-bond donors (Lipinski definition) is 4. The average Bonchev–Trinajstić information content (AvgIpc) is 2.32. The number of primary amides is 1. The lowest BCUT2D eigenvalue weighted by Gasteiger charge is -2.21. The van der Waals surface area contributed by atoms with E-state index in [1.54, 1.807) is 0 Å². The molecule has 0 bridgehead atoms. The predicted molar refractivity (Wildman–Crippen MR) is 75.0 cm³/mol. The Hall–Kier alpha value is -1.79. The van der Waals surface area contributed by atoms with Gasteiger partial charge in [-0.25, -0.2) is 4.79 Å². The van der Waals surface area contributed by atoms with Crippen LogP contribution in [0.5, 0.6) is 0 Å². The molecule has 0 aromatic heterocycles. The third-order valence-corrected chi connectivity index (χ3v) is 3.03. The zero-order valence-electron chi connectivity index (χ0n) is 12.3. The van der Waals surface area contributed by atoms with Crippen molar-refractivity contribution in [2.75, 3.05) is 6.54 Å². The van der Waals surface area contributed by atoms with Crippen molar-refractivity contribution in [2.24, 2.45) is 17.6 Å². The van der Waals surface area contributed by atoms with Gasteiger partial charge < -0.3 is 21.5 Å². The number of nitrogens with one attached hydrogen (secondary N) is 2. The van der Waals surface area contributed by atoms with Gasteiger partial charge in [0.1, 0.15) is 6.04 Å². The number of hydrogen-bond acceptors (Lipinski definition) is 3. The number of carboxylic acids is 1. The standard InChI is InChI=1S/C13H25N3O4/c1-8(2)11(16-13(14)20)12(19)15-7-6-9(3)4-5-10(17)18/h8-9,11H,4-7H2,1-3H3,(H,15,19)(H,17,18)(H3,14,16,20). The molecular weight excluding hydrogens is 262 g/mol. The molecule has 0 rings (SSSR count). The molecule has 0 aliphatic carbocycles. The summed E-state index contributed by atoms with van der Waals surface area (Å²) in [7, 11) is 0. The monoisotopic (exact) mass is 287 g/mol. The summed E-state index contributed by atoms with van der Waals surface area (Å²) in [4.78, 5) is 33.1. The molecule has 0 aromatic rings. The first-order valence-electron chi connectivity index (χ1n) is 6.79. The van der Waals surface area contributed by atoms with Crippen LogP contribution < -0.4 is 16.4 Å². The zero-order valence-corrected chi connectivity index (χ0v) is 12.3. The van der Waals surface area contributed by atoms with Crippen LogP contribution >= 0.6 is 0 Å². The lowest BCUT2D eigenvalue weighted by atomic mass is 10.0. The minimum absolute atomic E-state index is 0.0630. The fourth-order valence-electron chi connectivity index (χ4n) is 1.75. The summed E-state index contributed by atoms with van der Waals surface area (Å²) < 4.78 is 0. The maximum absolute atomic E-state index is 11.9. The minimum atomic E-state index is -0.814. The Labute approximate surface area is 119 Å². The second-order valence-corrected chi connectivity index (χ2v) is 5.35. The van der Waals surface area contributed by atoms with Gasteiger partial charge >= 0.3 is 12.0 Å². The van der Waals surface area contributed by atoms with Gasteiger partial charge in [-0.2, -0.15) is 0 Å². The molecule has 0 heterocycles. The largest absolute Gasteiger partial charge is 0.481 e. The zero-order chi connectivity index (χ0) is 15.7. The molecule has 0 aliphatic heterocycles. The number of carboxylic acid groups (broad SMARTS) is 1. The molecule has 0 spiro atoms. The van der Waals surface area contributed by atoms with Crippen molar-refractivity contribution in [3.05, 3.63) is 0 Å². The van der Waals surface area contributed by atoms with Crippen LogP contribution in [0.25, 0.3) is 0 Å². The molecule has 0 fully saturated rings. The molecule has 7 nitrogen and oxygen atoms in total. The quantitative estimate of drug-likeness (QED) is 0.498. The highest BCUT2D eigenvalue weighted by atomic mass is 16.4. The molecule has 3 amide bonds. The molecule has 0 saturated carbocycles. The van der Waals surface area contributed by atoms with E-state index in [-0.39, 0.29) is 24.2 Å². The summed E-state index contributed by atoms with van der Waals surface area (Å²) in [6, 6.07) is -1.38. The summed E-state index contributed by atoms with van der Waals surface area (Å²) >= 11 is 0. The Balaban J connectivity index is 4.06. The normalized spacial score (nSPS) is 13.6. The summed E-state index contributed by atoms with van der Waals surface area (Å²) in [5.74, 6) is -0.935. The summed E-state index contributed by atoms with van der Waals surface area (Å²) in [5, 5.41) is 13.7. The lowest BCUT2D eigenvalue weighted by molar-refractivity contribution is -0.137. The highest BCUT2D eigenvalue weighted by Gasteiger charge is 2.22. The molecule has 0 aromatic carbocycles. The summed E-state index contributed by atoms with van der Waals surface area (Å²) in [6.07, 6.45) is 1.41. The van der Waals surface area contributed by atoms with Gasteiger partial charge in [-0.3, -0.25) is 9.59 Å². The van der Waals surface area contributed by atoms with Crippen LogP contribution in [-0.4, -0.2) is 35.6 Å². The van der Waals surface area contributed by atoms with Gasteiger partial charge in [-0.05, 0) is 24.7 Å². The molecule has 2 unspecified atom stereocenters. The van der Waals surface area contributed by atoms with Crippen LogP contribution in [-0.2, 0) is 9.59 Å². The van der Waals surface area contributed by atoms with Gasteiger partial charge in [0, 0.05) is 13.0 Å². The van der Waals surface area contributed by atoms with Gasteiger partial charge in [0.2, 0.25) is 5.91 Å². The van der Waals surface area contributed by atoms with Crippen molar-refractivity contribution in [1.82, 2.24) is 10.6 Å². The Morgan fingerprint density at radius 1 is 1.15 bits per heavy atom. The molecule has 20 heavy (non-hydrogen) atoms. The number of amides is 3. The number of nitrogens with two attached hydrogens (primary N) is 1. The number of urea groups is 1. The molecular formula is C13H25N3O4. The van der Waals surface area contributed by atoms with Crippen molar-refractivity contribution in [2.45, 2.75) is 46.1 Å². The van der Waals surface area contributed by atoms with Crippen LogP contribution in [0.1, 0.15) is 40.0 Å². The smallest absolute Gasteiger partial charge is 0.312 e. The van der Waals surface area contributed by atoms with Crippen LogP contribution in [0, 0.1) is 11.8 Å². The van der Waals surface area contributed by atoms with Crippen LogP contribution in [0.2, 0.25) is 0 Å². The van der Waals surface area contributed by atoms with E-state index in [9.17, 15) is 14.4 Å². The first-order chi connectivity index (χ1) is 9.23. The van der Waals surface area contributed by atoms with E-state index >= 15 is 0 Å². The fourth-order valence-corrected chi connectivity index (χ4v) is 1.75. The first kappa shape index (κ1) is 18.2. The maximum atomic E-state index is 11.9. The molecule has 7 heteroatoms. The van der Waals surface area contributed by atoms with E-state index in [2.05, 4.69) is 10.6 Å². The van der Waals surface area contributed by atoms with Gasteiger partial charge in [0.15, 0.2) is 0 Å². The van der Waals surface area contributed by atoms with E-state index in [1.165, 1.54) is 0 Å². The van der Waals surface area contributed by atoms with E-state index in [1.807, 2.05) is 20.8 Å². The SMILES string of the molecule is CC(CCNC(=O)C(NC(N)=O)C(C)C)CCC(=O)O. The first-order valence-corrected chi connectivity index (χ1v) is 6.79. The van der Waals surface area contributed by atoms with E-state index < -0.39 is 18.0 Å². The Morgan fingerprint density at radius 3 is 2.20 bits per heavy atom. The Kier molecular flexibility index (Phi) is 8.35. The number of aliphatic carboxylic acids is 1. The number of rotatable bonds is 9. The molecule has 2 atom stereocenters. The minimum Gasteiger partial charge on any atom is -0.481 e. The second-order valence-electron chi connectivity index (χ2n) is 5.35. The average molecular weight is 287 g/mol. The number of carbonyl (C=O) groups is 3. The Bertz CT molecular complexity index is 345. The summed E-state index contributed by atoms with van der Waals surface area (Å²) in [6.45, 7) is 6.02. The maximum Gasteiger partial charge on any atom is 0.312 e. The second kappa shape index (κ2) is 9.17. The van der Waals surface area contributed by atoms with Crippen molar-refractivity contribution in [1.29, 1.82) is 0 Å². The molecule has 5 N–H and O–H groups in total. The van der Waals surface area contributed by atoms with Crippen molar-refractivity contribution in [3.8, 4) is 0 Å². The highest BCUT2D eigenvalue weighted by molar-refractivity contribution is 5.86. The molecule has 0 saturated heterocycles. The van der Waals surface area contributed by atoms with E-state index in [0.29, 0.717) is 19.4 Å². The predicted octanol–water partition coefficient (Wildman–Crippen LogP) is 0.687. The van der Waals surface area contributed by atoms with Crippen molar-refractivity contribution < 1.29 is 19.5 Å².